The first kappa shape index (κ1) is 13.4. The van der Waals surface area contributed by atoms with Crippen molar-refractivity contribution < 1.29 is 13.9 Å². The monoisotopic (exact) mass is 280 g/mol. The van der Waals surface area contributed by atoms with E-state index < -0.39 is 0 Å². The molecule has 0 fully saturated rings. The third-order valence-electron chi connectivity index (χ3n) is 3.58. The third kappa shape index (κ3) is 2.68. The molecule has 3 rings (SSSR count). The van der Waals surface area contributed by atoms with Gasteiger partial charge in [-0.25, -0.2) is 4.79 Å². The maximum absolute atomic E-state index is 11.9. The molecular formula is C18H16O3. The van der Waals surface area contributed by atoms with Crippen LogP contribution in [0.25, 0.3) is 11.8 Å². The standard InChI is InChI=1S/C18H16O3/c1-11-4-6-14(8-12(11)2)17-10-15(18(19)21-17)9-16-7-5-13(3)20-16/h4-10H,1-3H3/b15-9+. The summed E-state index contributed by atoms with van der Waals surface area (Å²) in [6.07, 6.45) is 3.45. The van der Waals surface area contributed by atoms with Gasteiger partial charge in [0.05, 0.1) is 5.57 Å². The molecule has 0 amide bonds. The molecule has 0 spiro atoms. The minimum atomic E-state index is -0.350. The summed E-state index contributed by atoms with van der Waals surface area (Å²) in [6.45, 7) is 5.96. The number of aryl methyl sites for hydroxylation is 3. The Hall–Kier alpha value is -2.55. The number of esters is 1. The normalized spacial score (nSPS) is 16.2. The molecule has 1 aliphatic rings. The SMILES string of the molecule is Cc1ccc(/C=C2\C=C(c3ccc(C)c(C)c3)OC2=O)o1. The molecule has 106 valence electrons. The van der Waals surface area contributed by atoms with Crippen molar-refractivity contribution in [2.24, 2.45) is 0 Å². The summed E-state index contributed by atoms with van der Waals surface area (Å²) in [4.78, 5) is 11.9. The van der Waals surface area contributed by atoms with Crippen molar-refractivity contribution in [1.29, 1.82) is 0 Å². The quantitative estimate of drug-likeness (QED) is 0.611. The average Bonchev–Trinajstić information content (AvgIpc) is 3.00. The Morgan fingerprint density at radius 1 is 1.00 bits per heavy atom. The Morgan fingerprint density at radius 3 is 2.48 bits per heavy atom. The average molecular weight is 280 g/mol. The minimum absolute atomic E-state index is 0.350. The Morgan fingerprint density at radius 2 is 1.81 bits per heavy atom. The molecule has 0 atom stereocenters. The maximum atomic E-state index is 11.9. The van der Waals surface area contributed by atoms with Crippen LogP contribution < -0.4 is 0 Å². The second kappa shape index (κ2) is 5.09. The van der Waals surface area contributed by atoms with Crippen molar-refractivity contribution in [2.45, 2.75) is 20.8 Å². The van der Waals surface area contributed by atoms with Gasteiger partial charge in [-0.3, -0.25) is 0 Å². The van der Waals surface area contributed by atoms with Gasteiger partial charge in [0.25, 0.3) is 0 Å². The first-order valence-corrected chi connectivity index (χ1v) is 6.82. The molecule has 0 saturated heterocycles. The van der Waals surface area contributed by atoms with E-state index in [1.54, 1.807) is 12.2 Å². The molecule has 3 heteroatoms. The zero-order chi connectivity index (χ0) is 15.0. The molecule has 1 aromatic carbocycles. The number of benzene rings is 1. The summed E-state index contributed by atoms with van der Waals surface area (Å²) in [5, 5.41) is 0. The predicted octanol–water partition coefficient (Wildman–Crippen LogP) is 4.19. The second-order valence-electron chi connectivity index (χ2n) is 5.25. The van der Waals surface area contributed by atoms with E-state index in [-0.39, 0.29) is 5.97 Å². The first-order chi connectivity index (χ1) is 10.0. The topological polar surface area (TPSA) is 39.4 Å². The Bertz CT molecular complexity index is 776. The summed E-state index contributed by atoms with van der Waals surface area (Å²) >= 11 is 0. The molecule has 2 aromatic rings. The van der Waals surface area contributed by atoms with Gasteiger partial charge >= 0.3 is 5.97 Å². The highest BCUT2D eigenvalue weighted by atomic mass is 16.5. The Kier molecular flexibility index (Phi) is 3.26. The van der Waals surface area contributed by atoms with E-state index in [0.717, 1.165) is 11.3 Å². The van der Waals surface area contributed by atoms with Crippen molar-refractivity contribution in [3.8, 4) is 0 Å². The van der Waals surface area contributed by atoms with Gasteiger partial charge in [0.15, 0.2) is 0 Å². The lowest BCUT2D eigenvalue weighted by atomic mass is 10.0. The van der Waals surface area contributed by atoms with Gasteiger partial charge in [0, 0.05) is 5.56 Å². The van der Waals surface area contributed by atoms with Crippen LogP contribution in [0.3, 0.4) is 0 Å². The summed E-state index contributed by atoms with van der Waals surface area (Å²) < 4.78 is 10.8. The van der Waals surface area contributed by atoms with Crippen LogP contribution in [0.1, 0.15) is 28.2 Å². The highest BCUT2D eigenvalue weighted by Gasteiger charge is 2.22. The number of hydrogen-bond acceptors (Lipinski definition) is 3. The summed E-state index contributed by atoms with van der Waals surface area (Å²) in [5.41, 5.74) is 3.79. The summed E-state index contributed by atoms with van der Waals surface area (Å²) in [7, 11) is 0. The van der Waals surface area contributed by atoms with Crippen molar-refractivity contribution in [2.75, 3.05) is 0 Å². The van der Waals surface area contributed by atoms with Crippen LogP contribution in [-0.2, 0) is 9.53 Å². The lowest BCUT2D eigenvalue weighted by Gasteiger charge is -2.05. The van der Waals surface area contributed by atoms with Crippen LogP contribution in [0.5, 0.6) is 0 Å². The maximum Gasteiger partial charge on any atom is 0.343 e. The molecule has 21 heavy (non-hydrogen) atoms. The number of hydrogen-bond donors (Lipinski definition) is 0. The molecule has 0 saturated carbocycles. The number of cyclic esters (lactones) is 1. The van der Waals surface area contributed by atoms with Gasteiger partial charge in [-0.15, -0.1) is 0 Å². The summed E-state index contributed by atoms with van der Waals surface area (Å²) in [6, 6.07) is 9.70. The number of ether oxygens (including phenoxy) is 1. The fraction of sp³-hybridized carbons (Fsp3) is 0.167. The van der Waals surface area contributed by atoms with Crippen LogP contribution in [0.15, 0.2) is 46.4 Å². The number of rotatable bonds is 2. The molecule has 0 aliphatic carbocycles. The first-order valence-electron chi connectivity index (χ1n) is 6.82. The highest BCUT2D eigenvalue weighted by Crippen LogP contribution is 2.28. The molecular weight excluding hydrogens is 264 g/mol. The van der Waals surface area contributed by atoms with E-state index in [1.165, 1.54) is 11.1 Å². The molecule has 1 aromatic heterocycles. The second-order valence-corrected chi connectivity index (χ2v) is 5.25. The van der Waals surface area contributed by atoms with Gasteiger partial charge in [0.2, 0.25) is 0 Å². The number of carbonyl (C=O) groups excluding carboxylic acids is 1. The zero-order valence-electron chi connectivity index (χ0n) is 12.3. The van der Waals surface area contributed by atoms with E-state index in [2.05, 4.69) is 6.92 Å². The van der Waals surface area contributed by atoms with Crippen LogP contribution in [0.4, 0.5) is 0 Å². The fourth-order valence-corrected chi connectivity index (χ4v) is 2.21. The Labute approximate surface area is 123 Å². The van der Waals surface area contributed by atoms with Gasteiger partial charge in [-0.1, -0.05) is 12.1 Å². The molecule has 1 aliphatic heterocycles. The third-order valence-corrected chi connectivity index (χ3v) is 3.58. The molecule has 2 heterocycles. The van der Waals surface area contributed by atoms with Crippen molar-refractivity contribution >= 4 is 17.8 Å². The van der Waals surface area contributed by atoms with Crippen LogP contribution in [0, 0.1) is 20.8 Å². The van der Waals surface area contributed by atoms with Crippen LogP contribution in [0.2, 0.25) is 0 Å². The molecule has 0 radical (unpaired) electrons. The van der Waals surface area contributed by atoms with E-state index in [9.17, 15) is 4.79 Å². The molecule has 3 nitrogen and oxygen atoms in total. The molecule has 0 unspecified atom stereocenters. The van der Waals surface area contributed by atoms with Gasteiger partial charge in [-0.05, 0) is 62.2 Å². The van der Waals surface area contributed by atoms with Gasteiger partial charge in [-0.2, -0.15) is 0 Å². The highest BCUT2D eigenvalue weighted by molar-refractivity contribution is 6.04. The molecule has 0 bridgehead atoms. The van der Waals surface area contributed by atoms with Crippen molar-refractivity contribution in [3.63, 3.8) is 0 Å². The number of carbonyl (C=O) groups is 1. The van der Waals surface area contributed by atoms with Gasteiger partial charge in [0.1, 0.15) is 17.3 Å². The fourth-order valence-electron chi connectivity index (χ4n) is 2.21. The van der Waals surface area contributed by atoms with E-state index in [1.807, 2.05) is 44.2 Å². The van der Waals surface area contributed by atoms with Gasteiger partial charge < -0.3 is 9.15 Å². The van der Waals surface area contributed by atoms with E-state index in [4.69, 9.17) is 9.15 Å². The van der Waals surface area contributed by atoms with E-state index >= 15 is 0 Å². The predicted molar refractivity (Wildman–Crippen MR) is 81.4 cm³/mol. The number of furan rings is 1. The molecule has 0 N–H and O–H groups in total. The van der Waals surface area contributed by atoms with Crippen molar-refractivity contribution in [1.82, 2.24) is 0 Å². The lowest BCUT2D eigenvalue weighted by Crippen LogP contribution is -1.97. The summed E-state index contributed by atoms with van der Waals surface area (Å²) in [5.74, 6) is 1.69. The largest absolute Gasteiger partial charge is 0.462 e. The van der Waals surface area contributed by atoms with Crippen LogP contribution in [-0.4, -0.2) is 5.97 Å². The van der Waals surface area contributed by atoms with E-state index in [0.29, 0.717) is 17.1 Å². The Balaban J connectivity index is 1.95. The smallest absolute Gasteiger partial charge is 0.343 e. The van der Waals surface area contributed by atoms with Crippen molar-refractivity contribution in [3.05, 3.63) is 70.2 Å². The lowest BCUT2D eigenvalue weighted by molar-refractivity contribution is -0.130. The zero-order valence-corrected chi connectivity index (χ0v) is 12.3. The van der Waals surface area contributed by atoms with Crippen LogP contribution >= 0.6 is 0 Å². The minimum Gasteiger partial charge on any atom is -0.462 e.